The Labute approximate surface area is 211 Å². The molecule has 1 saturated heterocycles. The second kappa shape index (κ2) is 7.37. The number of hydrogen-bond acceptors (Lipinski definition) is 4. The van der Waals surface area contributed by atoms with E-state index in [-0.39, 0.29) is 12.0 Å². The average Bonchev–Trinajstić information content (AvgIpc) is 3.43. The van der Waals surface area contributed by atoms with Crippen molar-refractivity contribution < 1.29 is 24.3 Å². The molecule has 1 aromatic heterocycles. The lowest BCUT2D eigenvalue weighted by Gasteiger charge is -2.44. The second-order valence-electron chi connectivity index (χ2n) is 10.3. The van der Waals surface area contributed by atoms with E-state index in [9.17, 15) is 19.4 Å². The Morgan fingerprint density at radius 1 is 1.00 bits per heavy atom. The summed E-state index contributed by atoms with van der Waals surface area (Å²) in [5.74, 6) is 0.639. The Balaban J connectivity index is 1.30. The Hall–Kier alpha value is -3.34. The minimum Gasteiger partial charge on any atom is -0.392 e. The molecule has 2 fully saturated rings. The van der Waals surface area contributed by atoms with Gasteiger partial charge >= 0.3 is 10.2 Å². The molecule has 0 N–H and O–H groups in total. The molecule has 1 atom stereocenters. The van der Waals surface area contributed by atoms with Crippen molar-refractivity contribution in [2.75, 3.05) is 13.2 Å². The Kier molecular flexibility index (Phi) is 4.78. The Morgan fingerprint density at radius 2 is 1.70 bits per heavy atom. The van der Waals surface area contributed by atoms with E-state index in [0.29, 0.717) is 30.1 Å². The van der Waals surface area contributed by atoms with Gasteiger partial charge in [-0.1, -0.05) is 48.8 Å². The molecule has 3 heterocycles. The van der Waals surface area contributed by atoms with Crippen LogP contribution in [0.5, 0.6) is 0 Å². The minimum atomic E-state index is -9.73. The number of hydrogen-bond donors (Lipinski definition) is 0. The van der Waals surface area contributed by atoms with E-state index in [4.69, 9.17) is 4.84 Å². The van der Waals surface area contributed by atoms with Crippen molar-refractivity contribution in [2.24, 2.45) is 10.6 Å². The van der Waals surface area contributed by atoms with E-state index in [0.717, 1.165) is 53.9 Å². The zero-order valence-corrected chi connectivity index (χ0v) is 20.8. The highest BCUT2D eigenvalue weighted by Gasteiger charge is 2.65. The molecule has 1 saturated carbocycles. The molecule has 3 aliphatic rings. The minimum absolute atomic E-state index is 0.0818. The molecule has 0 bridgehead atoms. The summed E-state index contributed by atoms with van der Waals surface area (Å²) in [4.78, 5) is 9.94. The van der Waals surface area contributed by atoms with Gasteiger partial charge in [-0.3, -0.25) is 0 Å². The lowest BCUT2D eigenvalue weighted by molar-refractivity contribution is 0.0482. The molecule has 6 rings (SSSR count). The first-order chi connectivity index (χ1) is 17.3. The van der Waals surface area contributed by atoms with Gasteiger partial charge in [0, 0.05) is 18.4 Å². The maximum atomic E-state index is 13.2. The van der Waals surface area contributed by atoms with Crippen LogP contribution in [-0.2, 0) is 4.84 Å². The molecule has 1 aliphatic carbocycles. The fourth-order valence-corrected chi connectivity index (χ4v) is 5.79. The van der Waals surface area contributed by atoms with E-state index in [1.807, 2.05) is 42.0 Å². The van der Waals surface area contributed by atoms with Gasteiger partial charge in [0.25, 0.3) is 0 Å². The van der Waals surface area contributed by atoms with E-state index in [1.165, 1.54) is 0 Å². The first kappa shape index (κ1) is 24.0. The Bertz CT molecular complexity index is 1430. The van der Waals surface area contributed by atoms with Gasteiger partial charge < -0.3 is 14.3 Å². The topological polar surface area (TPSA) is 42.7 Å². The highest BCUT2D eigenvalue weighted by atomic mass is 32.5. The molecule has 2 aromatic carbocycles. The summed E-state index contributed by atoms with van der Waals surface area (Å²) in [7, 11) is -9.73. The molecule has 0 radical (unpaired) electrons. The van der Waals surface area contributed by atoms with Gasteiger partial charge in [-0.05, 0) is 78.6 Å². The SMILES string of the molecule is Cc1cn(-c2ccc(/C=C3\CC4(CC4)CN4C3=NOCC4c3ccc(S(F)(F)(F)(F)F)cc3)cc2)cn1. The fraction of sp³-hybridized carbons (Fsp3) is 0.308. The Morgan fingerprint density at radius 3 is 2.30 bits per heavy atom. The first-order valence-corrected chi connectivity index (χ1v) is 13.9. The van der Waals surface area contributed by atoms with Crippen molar-refractivity contribution in [3.8, 4) is 5.69 Å². The molecule has 37 heavy (non-hydrogen) atoms. The van der Waals surface area contributed by atoms with Crippen LogP contribution in [0.4, 0.5) is 19.4 Å². The normalized spacial score (nSPS) is 23.6. The molecule has 5 nitrogen and oxygen atoms in total. The van der Waals surface area contributed by atoms with E-state index in [2.05, 4.69) is 21.1 Å². The molecule has 196 valence electrons. The molecule has 1 spiro atoms. The number of benzene rings is 2. The predicted molar refractivity (Wildman–Crippen MR) is 133 cm³/mol. The molecule has 2 aliphatic heterocycles. The van der Waals surface area contributed by atoms with Crippen molar-refractivity contribution in [1.82, 2.24) is 14.5 Å². The zero-order chi connectivity index (χ0) is 26.1. The summed E-state index contributed by atoms with van der Waals surface area (Å²) in [6.45, 7) is 2.75. The molecule has 0 amide bonds. The number of aromatic nitrogens is 2. The van der Waals surface area contributed by atoms with Crippen LogP contribution in [0.25, 0.3) is 11.8 Å². The smallest absolute Gasteiger partial charge is 0.310 e. The summed E-state index contributed by atoms with van der Waals surface area (Å²) in [6, 6.07) is 10.8. The third kappa shape index (κ3) is 4.72. The maximum Gasteiger partial charge on any atom is 0.310 e. The van der Waals surface area contributed by atoms with Crippen LogP contribution in [-0.4, -0.2) is 33.4 Å². The maximum absolute atomic E-state index is 13.2. The van der Waals surface area contributed by atoms with Gasteiger partial charge in [0.15, 0.2) is 5.84 Å². The van der Waals surface area contributed by atoms with Crippen molar-refractivity contribution in [3.05, 3.63) is 83.4 Å². The van der Waals surface area contributed by atoms with Gasteiger partial charge in [0.1, 0.15) is 11.5 Å². The molecule has 11 heteroatoms. The summed E-state index contributed by atoms with van der Waals surface area (Å²) in [5, 5.41) is 4.31. The molecular formula is C26H25F5N4OS. The van der Waals surface area contributed by atoms with Gasteiger partial charge in [-0.25, -0.2) is 4.98 Å². The van der Waals surface area contributed by atoms with Crippen LogP contribution in [0.15, 0.2) is 76.7 Å². The van der Waals surface area contributed by atoms with Crippen molar-refractivity contribution in [3.63, 3.8) is 0 Å². The number of amidine groups is 1. The monoisotopic (exact) mass is 536 g/mol. The van der Waals surface area contributed by atoms with Crippen LogP contribution in [0.3, 0.4) is 0 Å². The summed E-state index contributed by atoms with van der Waals surface area (Å²) >= 11 is 0. The summed E-state index contributed by atoms with van der Waals surface area (Å²) < 4.78 is 68.0. The number of rotatable bonds is 4. The number of imidazole rings is 1. The molecule has 1 unspecified atom stereocenters. The number of aryl methyl sites for hydroxylation is 1. The van der Waals surface area contributed by atoms with Gasteiger partial charge in [0.05, 0.1) is 18.1 Å². The third-order valence-corrected chi connectivity index (χ3v) is 8.46. The number of nitrogens with zero attached hydrogens (tertiary/aromatic N) is 4. The standard InChI is InChI=1S/C26H25F5N4OS/c1-18-14-34(17-32-18)22-6-2-19(3-7-22)12-21-13-26(10-11-26)16-35-24(15-36-33-25(21)35)20-4-8-23(9-5-20)37(27,28,29,30)31/h2-9,12,14,17,24H,10-11,13,15-16H2,1H3/b21-12+. The van der Waals surface area contributed by atoms with E-state index >= 15 is 0 Å². The van der Waals surface area contributed by atoms with Crippen molar-refractivity contribution >= 4 is 22.1 Å². The van der Waals surface area contributed by atoms with Crippen LogP contribution < -0.4 is 0 Å². The van der Waals surface area contributed by atoms with Crippen LogP contribution >= 0.6 is 10.2 Å². The first-order valence-electron chi connectivity index (χ1n) is 11.9. The summed E-state index contributed by atoms with van der Waals surface area (Å²) in [5.41, 5.74) is 4.45. The quantitative estimate of drug-likeness (QED) is 0.320. The van der Waals surface area contributed by atoms with E-state index < -0.39 is 21.2 Å². The highest BCUT2D eigenvalue weighted by Crippen LogP contribution is 3.02. The number of piperidine rings is 1. The lowest BCUT2D eigenvalue weighted by atomic mass is 9.87. The second-order valence-corrected chi connectivity index (χ2v) is 12.7. The number of halogens is 5. The van der Waals surface area contributed by atoms with Crippen LogP contribution in [0.1, 0.15) is 42.1 Å². The third-order valence-electron chi connectivity index (χ3n) is 7.30. The number of fused-ring (bicyclic) bond motifs is 1. The van der Waals surface area contributed by atoms with Gasteiger partial charge in [0.2, 0.25) is 0 Å². The summed E-state index contributed by atoms with van der Waals surface area (Å²) in [6.07, 6.45) is 8.69. The van der Waals surface area contributed by atoms with Gasteiger partial charge in [-0.15, -0.1) is 0 Å². The van der Waals surface area contributed by atoms with Crippen LogP contribution in [0, 0.1) is 12.3 Å². The van der Waals surface area contributed by atoms with E-state index in [1.54, 1.807) is 6.33 Å². The predicted octanol–water partition coefficient (Wildman–Crippen LogP) is 7.79. The largest absolute Gasteiger partial charge is 0.392 e. The van der Waals surface area contributed by atoms with Crippen molar-refractivity contribution in [1.29, 1.82) is 0 Å². The fourth-order valence-electron chi connectivity index (χ4n) is 5.14. The average molecular weight is 537 g/mol. The van der Waals surface area contributed by atoms with Crippen LogP contribution in [0.2, 0.25) is 0 Å². The molecule has 3 aromatic rings. The lowest BCUT2D eigenvalue weighted by Crippen LogP contribution is -2.48. The number of oxime groups is 1. The van der Waals surface area contributed by atoms with Crippen molar-refractivity contribution in [2.45, 2.75) is 37.1 Å². The zero-order valence-electron chi connectivity index (χ0n) is 20.0. The molecular weight excluding hydrogens is 511 g/mol. The highest BCUT2D eigenvalue weighted by molar-refractivity contribution is 8.45. The van der Waals surface area contributed by atoms with Gasteiger partial charge in [-0.2, -0.15) is 0 Å².